The third-order valence-electron chi connectivity index (χ3n) is 4.80. The van der Waals surface area contributed by atoms with Gasteiger partial charge in [0.2, 0.25) is 0 Å². The second-order valence-electron chi connectivity index (χ2n) is 6.53. The lowest BCUT2D eigenvalue weighted by atomic mass is 10.00. The quantitative estimate of drug-likeness (QED) is 0.713. The molecule has 1 atom stereocenters. The summed E-state index contributed by atoms with van der Waals surface area (Å²) in [6.07, 6.45) is 2.02. The first-order chi connectivity index (χ1) is 12.3. The fourth-order valence-corrected chi connectivity index (χ4v) is 5.95. The van der Waals surface area contributed by atoms with Gasteiger partial charge in [0.1, 0.15) is 8.80 Å². The summed E-state index contributed by atoms with van der Waals surface area (Å²) in [6.45, 7) is 8.04. The third-order valence-corrected chi connectivity index (χ3v) is 7.82. The van der Waals surface area contributed by atoms with E-state index >= 15 is 0 Å². The number of ether oxygens (including phenoxy) is 2. The first kappa shape index (κ1) is 18.1. The van der Waals surface area contributed by atoms with Crippen LogP contribution in [0.4, 0.5) is 0 Å². The second-order valence-corrected chi connectivity index (χ2v) is 9.29. The zero-order valence-corrected chi connectivity index (χ0v) is 16.1. The van der Waals surface area contributed by atoms with Crippen LogP contribution in [0, 0.1) is 0 Å². The molecular formula is C21H27NO2Si. The van der Waals surface area contributed by atoms with Crippen LogP contribution < -0.4 is 5.19 Å². The summed E-state index contributed by atoms with van der Waals surface area (Å²) >= 11 is 0. The van der Waals surface area contributed by atoms with E-state index in [1.165, 1.54) is 16.3 Å². The van der Waals surface area contributed by atoms with Gasteiger partial charge < -0.3 is 14.4 Å². The molecule has 1 unspecified atom stereocenters. The molecule has 0 saturated carbocycles. The van der Waals surface area contributed by atoms with Crippen molar-refractivity contribution in [3.8, 4) is 0 Å². The highest BCUT2D eigenvalue weighted by Gasteiger charge is 2.20. The summed E-state index contributed by atoms with van der Waals surface area (Å²) in [7, 11) is 0.638. The van der Waals surface area contributed by atoms with Gasteiger partial charge in [0.05, 0.1) is 13.2 Å². The van der Waals surface area contributed by atoms with Gasteiger partial charge in [-0.25, -0.2) is 0 Å². The fraction of sp³-hybridized carbons (Fsp3) is 0.333. The van der Waals surface area contributed by atoms with Crippen molar-refractivity contribution in [1.29, 1.82) is 0 Å². The highest BCUT2D eigenvalue weighted by molar-refractivity contribution is 6.73. The molecule has 3 rings (SSSR count). The molecule has 1 saturated heterocycles. The van der Waals surface area contributed by atoms with Crippen LogP contribution in [0.3, 0.4) is 0 Å². The Kier molecular flexibility index (Phi) is 6.59. The molecule has 4 heteroatoms. The molecule has 0 bridgehead atoms. The highest BCUT2D eigenvalue weighted by Crippen LogP contribution is 2.20. The average Bonchev–Trinajstić information content (AvgIpc) is 2.69. The molecule has 1 aliphatic heterocycles. The highest BCUT2D eigenvalue weighted by atomic mass is 28.3. The van der Waals surface area contributed by atoms with Gasteiger partial charge in [-0.15, -0.1) is 0 Å². The number of hydrogen-bond acceptors (Lipinski definition) is 3. The largest absolute Gasteiger partial charge is 0.388 e. The summed E-state index contributed by atoms with van der Waals surface area (Å²) in [5.74, 6) is 0. The van der Waals surface area contributed by atoms with E-state index in [0.717, 1.165) is 44.3 Å². The van der Waals surface area contributed by atoms with Gasteiger partial charge in [0.15, 0.2) is 0 Å². The molecule has 3 nitrogen and oxygen atoms in total. The molecule has 1 aliphatic rings. The lowest BCUT2D eigenvalue weighted by Crippen LogP contribution is -2.49. The van der Waals surface area contributed by atoms with Crippen LogP contribution in [0.1, 0.15) is 11.1 Å². The molecule has 25 heavy (non-hydrogen) atoms. The number of nitrogens with zero attached hydrogens (tertiary/aromatic N) is 1. The maximum Gasteiger partial charge on any atom is 0.114 e. The number of hydrogen-bond donors (Lipinski definition) is 0. The Bertz CT molecular complexity index is 666. The molecule has 1 fully saturated rings. The SMILES string of the molecule is C=C(c1ccccc1)c1ccc([SiH](COC)CN2CCOCC2)cc1. The molecule has 0 spiro atoms. The van der Waals surface area contributed by atoms with Gasteiger partial charge in [0, 0.05) is 26.4 Å². The van der Waals surface area contributed by atoms with E-state index in [2.05, 4.69) is 60.0 Å². The van der Waals surface area contributed by atoms with Crippen LogP contribution in [0.5, 0.6) is 0 Å². The van der Waals surface area contributed by atoms with Crippen LogP contribution in [-0.4, -0.2) is 59.5 Å². The number of methoxy groups -OCH3 is 1. The molecule has 0 N–H and O–H groups in total. The predicted molar refractivity (Wildman–Crippen MR) is 107 cm³/mol. The molecule has 2 aromatic carbocycles. The Hall–Kier alpha value is -1.72. The van der Waals surface area contributed by atoms with Gasteiger partial charge in [-0.3, -0.25) is 0 Å². The van der Waals surface area contributed by atoms with E-state index in [4.69, 9.17) is 9.47 Å². The summed E-state index contributed by atoms with van der Waals surface area (Å²) < 4.78 is 11.0. The van der Waals surface area contributed by atoms with Crippen molar-refractivity contribution in [1.82, 2.24) is 4.90 Å². The molecular weight excluding hydrogens is 326 g/mol. The Labute approximate surface area is 152 Å². The first-order valence-electron chi connectivity index (χ1n) is 8.91. The van der Waals surface area contributed by atoms with Gasteiger partial charge >= 0.3 is 0 Å². The standard InChI is InChI=1S/C21H27NO2Si/c1-18(19-6-4-3-5-7-19)20-8-10-21(11-9-20)25(17-23-2)16-22-12-14-24-15-13-22/h3-11,25H,1,12-17H2,2H3. The third kappa shape index (κ3) is 4.89. The number of morpholine rings is 1. The molecule has 0 radical (unpaired) electrons. The molecule has 0 amide bonds. The smallest absolute Gasteiger partial charge is 0.114 e. The average molecular weight is 354 g/mol. The molecule has 2 aromatic rings. The Morgan fingerprint density at radius 2 is 1.68 bits per heavy atom. The summed E-state index contributed by atoms with van der Waals surface area (Å²) in [4.78, 5) is 2.52. The topological polar surface area (TPSA) is 21.7 Å². The predicted octanol–water partition coefficient (Wildman–Crippen LogP) is 2.24. The van der Waals surface area contributed by atoms with Crippen LogP contribution in [0.25, 0.3) is 5.57 Å². The zero-order valence-electron chi connectivity index (χ0n) is 15.0. The molecule has 1 heterocycles. The van der Waals surface area contributed by atoms with E-state index < -0.39 is 8.80 Å². The fourth-order valence-electron chi connectivity index (χ4n) is 3.31. The molecule has 132 valence electrons. The van der Waals surface area contributed by atoms with Gasteiger partial charge in [-0.2, -0.15) is 0 Å². The summed E-state index contributed by atoms with van der Waals surface area (Å²) in [5.41, 5.74) is 3.44. The van der Waals surface area contributed by atoms with E-state index in [0.29, 0.717) is 0 Å². The number of rotatable bonds is 7. The van der Waals surface area contributed by atoms with E-state index in [-0.39, 0.29) is 0 Å². The maximum absolute atomic E-state index is 5.53. The number of benzene rings is 2. The van der Waals surface area contributed by atoms with Crippen molar-refractivity contribution in [2.24, 2.45) is 0 Å². The Morgan fingerprint density at radius 1 is 1.04 bits per heavy atom. The van der Waals surface area contributed by atoms with Crippen molar-refractivity contribution >= 4 is 19.6 Å². The molecule has 0 aliphatic carbocycles. The van der Waals surface area contributed by atoms with Gasteiger partial charge in [-0.1, -0.05) is 66.4 Å². The van der Waals surface area contributed by atoms with Crippen LogP contribution >= 0.6 is 0 Å². The van der Waals surface area contributed by atoms with Gasteiger partial charge in [0.25, 0.3) is 0 Å². The minimum atomic E-state index is -1.17. The van der Waals surface area contributed by atoms with E-state index in [9.17, 15) is 0 Å². The van der Waals surface area contributed by atoms with Crippen LogP contribution in [-0.2, 0) is 9.47 Å². The van der Waals surface area contributed by atoms with Gasteiger partial charge in [-0.05, 0) is 22.9 Å². The lowest BCUT2D eigenvalue weighted by Gasteiger charge is -2.30. The second kappa shape index (κ2) is 9.11. The van der Waals surface area contributed by atoms with Crippen molar-refractivity contribution in [3.63, 3.8) is 0 Å². The van der Waals surface area contributed by atoms with E-state index in [1.807, 2.05) is 13.2 Å². The summed E-state index contributed by atoms with van der Waals surface area (Å²) in [5, 5.41) is 1.46. The lowest BCUT2D eigenvalue weighted by molar-refractivity contribution is 0.0456. The Morgan fingerprint density at radius 3 is 2.32 bits per heavy atom. The minimum absolute atomic E-state index is 0.851. The van der Waals surface area contributed by atoms with Crippen LogP contribution in [0.15, 0.2) is 61.2 Å². The zero-order chi connectivity index (χ0) is 17.5. The van der Waals surface area contributed by atoms with Crippen molar-refractivity contribution in [3.05, 3.63) is 72.3 Å². The van der Waals surface area contributed by atoms with E-state index in [1.54, 1.807) is 0 Å². The van der Waals surface area contributed by atoms with Crippen molar-refractivity contribution in [2.75, 3.05) is 45.8 Å². The monoisotopic (exact) mass is 353 g/mol. The van der Waals surface area contributed by atoms with Crippen molar-refractivity contribution < 1.29 is 9.47 Å². The minimum Gasteiger partial charge on any atom is -0.388 e. The Balaban J connectivity index is 1.71. The first-order valence-corrected chi connectivity index (χ1v) is 11.1. The maximum atomic E-state index is 5.53. The summed E-state index contributed by atoms with van der Waals surface area (Å²) in [6, 6.07) is 19.3. The molecule has 0 aromatic heterocycles. The van der Waals surface area contributed by atoms with Crippen LogP contribution in [0.2, 0.25) is 0 Å². The van der Waals surface area contributed by atoms with Crippen molar-refractivity contribution in [2.45, 2.75) is 0 Å². The normalized spacial score (nSPS) is 16.5.